The number of rotatable bonds is 9. The molecule has 3 rings (SSSR count). The molecule has 0 spiro atoms. The molecule has 6 nitrogen and oxygen atoms in total. The maximum atomic E-state index is 11.4. The van der Waals surface area contributed by atoms with E-state index < -0.39 is 6.10 Å². The minimum Gasteiger partial charge on any atom is -0.491 e. The van der Waals surface area contributed by atoms with Gasteiger partial charge in [-0.05, 0) is 37.6 Å². The van der Waals surface area contributed by atoms with E-state index in [9.17, 15) is 9.90 Å². The Morgan fingerprint density at radius 2 is 2.07 bits per heavy atom. The van der Waals surface area contributed by atoms with Gasteiger partial charge >= 0.3 is 0 Å². The number of aliphatic hydroxyl groups excluding tert-OH is 1. The number of nitrogens with one attached hydrogen (secondary N) is 1. The number of carbonyl (C=O) groups is 1. The second kappa shape index (κ2) is 9.68. The van der Waals surface area contributed by atoms with Crippen molar-refractivity contribution in [3.05, 3.63) is 59.7 Å². The van der Waals surface area contributed by atoms with Crippen LogP contribution in [0.5, 0.6) is 5.75 Å². The molecule has 28 heavy (non-hydrogen) atoms. The molecule has 0 saturated carbocycles. The van der Waals surface area contributed by atoms with E-state index in [1.807, 2.05) is 31.2 Å². The summed E-state index contributed by atoms with van der Waals surface area (Å²) in [6.45, 7) is 3.68. The van der Waals surface area contributed by atoms with Crippen LogP contribution in [0.15, 0.2) is 52.9 Å². The molecule has 8 heteroatoms. The zero-order valence-electron chi connectivity index (χ0n) is 15.6. The number of carbonyl (C=O) groups excluding carboxylic acids is 1. The molecule has 1 aromatic heterocycles. The normalized spacial score (nSPS) is 11.8. The van der Waals surface area contributed by atoms with Crippen molar-refractivity contribution in [3.63, 3.8) is 0 Å². The maximum Gasteiger partial charge on any atom is 0.210 e. The molecule has 0 radical (unpaired) electrons. The van der Waals surface area contributed by atoms with E-state index in [0.29, 0.717) is 22.2 Å². The number of thioether (sulfide) groups is 1. The van der Waals surface area contributed by atoms with Crippen LogP contribution in [0.1, 0.15) is 22.8 Å². The summed E-state index contributed by atoms with van der Waals surface area (Å²) in [6, 6.07) is 14.9. The Kier molecular flexibility index (Phi) is 7.02. The van der Waals surface area contributed by atoms with Crippen molar-refractivity contribution >= 4 is 39.7 Å². The molecule has 0 fully saturated rings. The monoisotopic (exact) mass is 415 g/mol. The van der Waals surface area contributed by atoms with Crippen LogP contribution >= 0.6 is 23.1 Å². The van der Waals surface area contributed by atoms with Crippen LogP contribution in [0.2, 0.25) is 0 Å². The van der Waals surface area contributed by atoms with E-state index in [4.69, 9.17) is 4.74 Å². The number of anilines is 2. The first-order chi connectivity index (χ1) is 13.5. The number of Topliss-reactive ketones (excluding diaryl/α,β-unsaturated/α-hetero) is 1. The zero-order valence-corrected chi connectivity index (χ0v) is 17.2. The van der Waals surface area contributed by atoms with Gasteiger partial charge < -0.3 is 15.2 Å². The van der Waals surface area contributed by atoms with Gasteiger partial charge in [-0.1, -0.05) is 53.4 Å². The Balaban J connectivity index is 1.47. The molecule has 2 N–H and O–H groups in total. The highest BCUT2D eigenvalue weighted by Crippen LogP contribution is 2.29. The number of benzene rings is 2. The lowest BCUT2D eigenvalue weighted by atomic mass is 10.1. The topological polar surface area (TPSA) is 84.3 Å². The average molecular weight is 416 g/mol. The van der Waals surface area contributed by atoms with Crippen LogP contribution in [0.25, 0.3) is 0 Å². The smallest absolute Gasteiger partial charge is 0.210 e. The Hall–Kier alpha value is -2.42. The second-order valence-electron chi connectivity index (χ2n) is 6.17. The molecule has 2 aromatic carbocycles. The number of aryl methyl sites for hydroxylation is 1. The van der Waals surface area contributed by atoms with E-state index in [-0.39, 0.29) is 12.4 Å². The number of aliphatic hydroxyl groups is 1. The Morgan fingerprint density at radius 1 is 1.25 bits per heavy atom. The van der Waals surface area contributed by atoms with Crippen LogP contribution in [0, 0.1) is 6.92 Å². The molecule has 0 bridgehead atoms. The molecule has 0 aliphatic heterocycles. The third-order valence-corrected chi connectivity index (χ3v) is 5.99. The third kappa shape index (κ3) is 5.79. The van der Waals surface area contributed by atoms with Crippen molar-refractivity contribution in [2.24, 2.45) is 0 Å². The van der Waals surface area contributed by atoms with Gasteiger partial charge in [0.1, 0.15) is 12.4 Å². The van der Waals surface area contributed by atoms with Crippen LogP contribution in [0.3, 0.4) is 0 Å². The van der Waals surface area contributed by atoms with Crippen molar-refractivity contribution < 1.29 is 14.6 Å². The lowest BCUT2D eigenvalue weighted by Crippen LogP contribution is -2.20. The molecule has 3 aromatic rings. The van der Waals surface area contributed by atoms with Gasteiger partial charge in [-0.2, -0.15) is 0 Å². The first-order valence-corrected chi connectivity index (χ1v) is 10.5. The van der Waals surface area contributed by atoms with Crippen LogP contribution in [0.4, 0.5) is 10.8 Å². The second-order valence-corrected chi connectivity index (χ2v) is 8.42. The summed E-state index contributed by atoms with van der Waals surface area (Å²) in [5.41, 5.74) is 2.72. The summed E-state index contributed by atoms with van der Waals surface area (Å²) in [5.74, 6) is 0.982. The highest BCUT2D eigenvalue weighted by molar-refractivity contribution is 8.01. The third-order valence-electron chi connectivity index (χ3n) is 3.88. The summed E-state index contributed by atoms with van der Waals surface area (Å²) < 4.78 is 6.36. The van der Waals surface area contributed by atoms with Gasteiger partial charge in [0, 0.05) is 17.0 Å². The van der Waals surface area contributed by atoms with Crippen LogP contribution in [-0.2, 0) is 0 Å². The summed E-state index contributed by atoms with van der Waals surface area (Å²) >= 11 is 2.87. The predicted octanol–water partition coefficient (Wildman–Crippen LogP) is 4.32. The molecular formula is C20H21N3O3S2. The van der Waals surface area contributed by atoms with Crippen molar-refractivity contribution in [2.75, 3.05) is 17.7 Å². The lowest BCUT2D eigenvalue weighted by Gasteiger charge is -2.11. The fourth-order valence-electron chi connectivity index (χ4n) is 2.36. The van der Waals surface area contributed by atoms with E-state index >= 15 is 0 Å². The minimum absolute atomic E-state index is 0.0204. The number of ether oxygens (including phenoxy) is 1. The fourth-order valence-corrected chi connectivity index (χ4v) is 4.06. The SMILES string of the molecule is CC(=O)c1cccc(OC[C@H](O)CSc2nnc(Nc3ccccc3C)s2)c1. The first-order valence-electron chi connectivity index (χ1n) is 8.72. The van der Waals surface area contributed by atoms with Crippen molar-refractivity contribution in [3.8, 4) is 5.75 Å². The first kappa shape index (κ1) is 20.3. The maximum absolute atomic E-state index is 11.4. The Morgan fingerprint density at radius 3 is 2.86 bits per heavy atom. The van der Waals surface area contributed by atoms with Crippen molar-refractivity contribution in [1.82, 2.24) is 10.2 Å². The van der Waals surface area contributed by atoms with Crippen LogP contribution < -0.4 is 10.1 Å². The van der Waals surface area contributed by atoms with E-state index in [0.717, 1.165) is 15.6 Å². The van der Waals surface area contributed by atoms with Gasteiger partial charge in [-0.3, -0.25) is 4.79 Å². The Bertz CT molecular complexity index is 946. The summed E-state index contributed by atoms with van der Waals surface area (Å²) in [6.07, 6.45) is -0.664. The van der Waals surface area contributed by atoms with Crippen LogP contribution in [-0.4, -0.2) is 39.6 Å². The number of hydrogen-bond donors (Lipinski definition) is 2. The fraction of sp³-hybridized carbons (Fsp3) is 0.250. The lowest BCUT2D eigenvalue weighted by molar-refractivity contribution is 0.101. The molecule has 0 aliphatic rings. The van der Waals surface area contributed by atoms with Gasteiger partial charge in [-0.15, -0.1) is 10.2 Å². The van der Waals surface area contributed by atoms with E-state index in [1.165, 1.54) is 30.0 Å². The highest BCUT2D eigenvalue weighted by Gasteiger charge is 2.11. The summed E-state index contributed by atoms with van der Waals surface area (Å²) in [7, 11) is 0. The number of nitrogens with zero attached hydrogens (tertiary/aromatic N) is 2. The van der Waals surface area contributed by atoms with E-state index in [1.54, 1.807) is 24.3 Å². The van der Waals surface area contributed by atoms with Crippen molar-refractivity contribution in [1.29, 1.82) is 0 Å². The van der Waals surface area contributed by atoms with Gasteiger partial charge in [0.25, 0.3) is 0 Å². The number of ketones is 1. The number of hydrogen-bond acceptors (Lipinski definition) is 8. The highest BCUT2D eigenvalue weighted by atomic mass is 32.2. The quantitative estimate of drug-likeness (QED) is 0.398. The predicted molar refractivity (Wildman–Crippen MR) is 113 cm³/mol. The molecule has 0 unspecified atom stereocenters. The molecule has 146 valence electrons. The number of aromatic nitrogens is 2. The van der Waals surface area contributed by atoms with Gasteiger partial charge in [0.2, 0.25) is 5.13 Å². The zero-order chi connectivity index (χ0) is 19.9. The van der Waals surface area contributed by atoms with Crippen molar-refractivity contribution in [2.45, 2.75) is 24.3 Å². The van der Waals surface area contributed by atoms with E-state index in [2.05, 4.69) is 15.5 Å². The standard InChI is InChI=1S/C20H21N3O3S2/c1-13-6-3-4-9-18(13)21-19-22-23-20(28-19)27-12-16(25)11-26-17-8-5-7-15(10-17)14(2)24/h3-10,16,25H,11-12H2,1-2H3,(H,21,22)/t16-/m0/s1. The molecule has 0 amide bonds. The van der Waals surface area contributed by atoms with Gasteiger partial charge in [0.05, 0.1) is 6.10 Å². The number of para-hydroxylation sites is 1. The van der Waals surface area contributed by atoms with Gasteiger partial charge in [-0.25, -0.2) is 0 Å². The summed E-state index contributed by atoms with van der Waals surface area (Å²) in [5, 5.41) is 22.4. The molecule has 0 aliphatic carbocycles. The molecule has 1 heterocycles. The Labute approximate surface area is 172 Å². The van der Waals surface area contributed by atoms with Gasteiger partial charge in [0.15, 0.2) is 10.1 Å². The molecule has 1 atom stereocenters. The minimum atomic E-state index is -0.664. The summed E-state index contributed by atoms with van der Waals surface area (Å²) in [4.78, 5) is 11.4. The average Bonchev–Trinajstić information content (AvgIpc) is 3.14. The molecular weight excluding hydrogens is 394 g/mol. The molecule has 0 saturated heterocycles. The largest absolute Gasteiger partial charge is 0.491 e.